The predicted molar refractivity (Wildman–Crippen MR) is 50.1 cm³/mol. The van der Waals surface area contributed by atoms with E-state index in [0.29, 0.717) is 5.69 Å². The Balaban J connectivity index is 2.30. The molecule has 1 atom stereocenters. The van der Waals surface area contributed by atoms with Crippen molar-refractivity contribution >= 4 is 0 Å². The van der Waals surface area contributed by atoms with Crippen molar-refractivity contribution in [1.29, 1.82) is 0 Å². The van der Waals surface area contributed by atoms with Crippen molar-refractivity contribution in [3.05, 3.63) is 48.6 Å². The van der Waals surface area contributed by atoms with Gasteiger partial charge in [0.05, 0.1) is 17.9 Å². The lowest BCUT2D eigenvalue weighted by atomic mass is 10.1. The van der Waals surface area contributed by atoms with Gasteiger partial charge in [-0.05, 0) is 0 Å². The van der Waals surface area contributed by atoms with E-state index in [9.17, 15) is 0 Å². The molecule has 0 aliphatic rings. The van der Waals surface area contributed by atoms with Crippen molar-refractivity contribution in [2.75, 3.05) is 0 Å². The first-order chi connectivity index (χ1) is 6.88. The van der Waals surface area contributed by atoms with Crippen LogP contribution in [0.1, 0.15) is 17.3 Å². The van der Waals surface area contributed by atoms with E-state index in [1.54, 1.807) is 31.0 Å². The van der Waals surface area contributed by atoms with Gasteiger partial charge in [0.2, 0.25) is 0 Å². The first-order valence-corrected chi connectivity index (χ1v) is 4.14. The minimum absolute atomic E-state index is 0.315. The molecule has 0 amide bonds. The van der Waals surface area contributed by atoms with Crippen molar-refractivity contribution in [3.63, 3.8) is 0 Å². The second-order valence-corrected chi connectivity index (χ2v) is 2.78. The van der Waals surface area contributed by atoms with Crippen molar-refractivity contribution < 1.29 is 0 Å². The highest BCUT2D eigenvalue weighted by atomic mass is 14.8. The van der Waals surface area contributed by atoms with E-state index < -0.39 is 0 Å². The van der Waals surface area contributed by atoms with Crippen LogP contribution < -0.4 is 5.73 Å². The van der Waals surface area contributed by atoms with Gasteiger partial charge in [0, 0.05) is 30.4 Å². The van der Waals surface area contributed by atoms with E-state index >= 15 is 0 Å². The molecule has 5 heteroatoms. The first-order valence-electron chi connectivity index (χ1n) is 4.14. The van der Waals surface area contributed by atoms with Gasteiger partial charge in [-0.3, -0.25) is 9.97 Å². The highest BCUT2D eigenvalue weighted by Gasteiger charge is 2.09. The van der Waals surface area contributed by atoms with Crippen molar-refractivity contribution in [2.45, 2.75) is 6.04 Å². The van der Waals surface area contributed by atoms with Crippen molar-refractivity contribution in [3.8, 4) is 0 Å². The standard InChI is InChI=1S/C9H9N5/c10-9(7-3-12-6-13-4-7)8-5-11-1-2-14-8/h1-6,9H,10H2. The van der Waals surface area contributed by atoms with Crippen LogP contribution >= 0.6 is 0 Å². The molecule has 0 saturated carbocycles. The largest absolute Gasteiger partial charge is 0.319 e. The Morgan fingerprint density at radius 3 is 2.43 bits per heavy atom. The van der Waals surface area contributed by atoms with Crippen LogP contribution in [0.5, 0.6) is 0 Å². The van der Waals surface area contributed by atoms with Crippen molar-refractivity contribution in [2.24, 2.45) is 5.73 Å². The molecule has 2 aromatic heterocycles. The van der Waals surface area contributed by atoms with E-state index in [0.717, 1.165) is 5.56 Å². The summed E-state index contributed by atoms with van der Waals surface area (Å²) >= 11 is 0. The van der Waals surface area contributed by atoms with Crippen LogP contribution in [0.15, 0.2) is 37.3 Å². The van der Waals surface area contributed by atoms with Gasteiger partial charge in [0.15, 0.2) is 0 Å². The fraction of sp³-hybridized carbons (Fsp3) is 0.111. The molecule has 0 saturated heterocycles. The number of aromatic nitrogens is 4. The monoisotopic (exact) mass is 187 g/mol. The van der Waals surface area contributed by atoms with Crippen LogP contribution in [0.4, 0.5) is 0 Å². The zero-order chi connectivity index (χ0) is 9.80. The first kappa shape index (κ1) is 8.71. The Labute approximate surface area is 81.1 Å². The van der Waals surface area contributed by atoms with Gasteiger partial charge in [0.25, 0.3) is 0 Å². The molecule has 70 valence electrons. The summed E-state index contributed by atoms with van der Waals surface area (Å²) in [7, 11) is 0. The third-order valence-corrected chi connectivity index (χ3v) is 1.84. The molecule has 14 heavy (non-hydrogen) atoms. The molecular weight excluding hydrogens is 178 g/mol. The summed E-state index contributed by atoms with van der Waals surface area (Å²) in [5, 5.41) is 0. The van der Waals surface area contributed by atoms with E-state index in [1.807, 2.05) is 0 Å². The maximum Gasteiger partial charge on any atom is 0.115 e. The molecule has 2 aromatic rings. The van der Waals surface area contributed by atoms with E-state index in [2.05, 4.69) is 19.9 Å². The van der Waals surface area contributed by atoms with Crippen LogP contribution in [-0.2, 0) is 0 Å². The summed E-state index contributed by atoms with van der Waals surface area (Å²) in [5.74, 6) is 0. The SMILES string of the molecule is NC(c1cncnc1)c1cnccn1. The predicted octanol–water partition coefficient (Wildman–Crippen LogP) is 0.315. The van der Waals surface area contributed by atoms with E-state index in [4.69, 9.17) is 5.73 Å². The van der Waals surface area contributed by atoms with E-state index in [1.165, 1.54) is 6.33 Å². The quantitative estimate of drug-likeness (QED) is 0.732. The molecule has 1 unspecified atom stereocenters. The summed E-state index contributed by atoms with van der Waals surface area (Å²) in [6.45, 7) is 0. The molecule has 2 heterocycles. The van der Waals surface area contributed by atoms with Crippen LogP contribution in [-0.4, -0.2) is 19.9 Å². The number of rotatable bonds is 2. The highest BCUT2D eigenvalue weighted by Crippen LogP contribution is 2.13. The maximum absolute atomic E-state index is 5.93. The molecule has 0 radical (unpaired) electrons. The van der Waals surface area contributed by atoms with Gasteiger partial charge in [-0.15, -0.1) is 0 Å². The molecule has 0 aromatic carbocycles. The Bertz CT molecular complexity index is 349. The molecule has 0 aliphatic carbocycles. The second-order valence-electron chi connectivity index (χ2n) is 2.78. The Morgan fingerprint density at radius 2 is 1.79 bits per heavy atom. The lowest BCUT2D eigenvalue weighted by Crippen LogP contribution is -2.14. The third-order valence-electron chi connectivity index (χ3n) is 1.84. The maximum atomic E-state index is 5.93. The summed E-state index contributed by atoms with van der Waals surface area (Å²) in [4.78, 5) is 15.8. The smallest absolute Gasteiger partial charge is 0.115 e. The molecule has 0 aliphatic heterocycles. The number of nitrogens with two attached hydrogens (primary N) is 1. The Hall–Kier alpha value is -1.88. The van der Waals surface area contributed by atoms with Crippen LogP contribution in [0.25, 0.3) is 0 Å². The minimum atomic E-state index is -0.315. The van der Waals surface area contributed by atoms with Crippen LogP contribution in [0.2, 0.25) is 0 Å². The number of nitrogens with zero attached hydrogens (tertiary/aromatic N) is 4. The summed E-state index contributed by atoms with van der Waals surface area (Å²) in [6, 6.07) is -0.315. The zero-order valence-corrected chi connectivity index (χ0v) is 7.41. The number of hydrogen-bond donors (Lipinski definition) is 1. The summed E-state index contributed by atoms with van der Waals surface area (Å²) in [6.07, 6.45) is 9.67. The zero-order valence-electron chi connectivity index (χ0n) is 7.41. The molecule has 0 fully saturated rings. The number of hydrogen-bond acceptors (Lipinski definition) is 5. The van der Waals surface area contributed by atoms with Gasteiger partial charge < -0.3 is 5.73 Å². The molecular formula is C9H9N5. The Kier molecular flexibility index (Phi) is 2.42. The van der Waals surface area contributed by atoms with Gasteiger partial charge in [-0.1, -0.05) is 0 Å². The van der Waals surface area contributed by atoms with Crippen molar-refractivity contribution in [1.82, 2.24) is 19.9 Å². The van der Waals surface area contributed by atoms with Gasteiger partial charge in [0.1, 0.15) is 6.33 Å². The minimum Gasteiger partial charge on any atom is -0.319 e. The molecule has 0 bridgehead atoms. The van der Waals surface area contributed by atoms with E-state index in [-0.39, 0.29) is 6.04 Å². The van der Waals surface area contributed by atoms with Crippen LogP contribution in [0.3, 0.4) is 0 Å². The molecule has 2 N–H and O–H groups in total. The fourth-order valence-electron chi connectivity index (χ4n) is 1.11. The van der Waals surface area contributed by atoms with Gasteiger partial charge in [-0.2, -0.15) is 0 Å². The van der Waals surface area contributed by atoms with Crippen LogP contribution in [0, 0.1) is 0 Å². The van der Waals surface area contributed by atoms with Gasteiger partial charge in [-0.25, -0.2) is 9.97 Å². The summed E-state index contributed by atoms with van der Waals surface area (Å²) in [5.41, 5.74) is 7.47. The molecule has 2 rings (SSSR count). The average Bonchev–Trinajstić information content (AvgIpc) is 2.30. The lowest BCUT2D eigenvalue weighted by Gasteiger charge is -2.08. The average molecular weight is 187 g/mol. The summed E-state index contributed by atoms with van der Waals surface area (Å²) < 4.78 is 0. The second kappa shape index (κ2) is 3.89. The lowest BCUT2D eigenvalue weighted by molar-refractivity contribution is 0.804. The molecule has 0 spiro atoms. The molecule has 5 nitrogen and oxygen atoms in total. The van der Waals surface area contributed by atoms with Gasteiger partial charge >= 0.3 is 0 Å². The third kappa shape index (κ3) is 1.72. The topological polar surface area (TPSA) is 77.6 Å². The normalized spacial score (nSPS) is 12.4. The highest BCUT2D eigenvalue weighted by molar-refractivity contribution is 5.19. The fourth-order valence-corrected chi connectivity index (χ4v) is 1.11. The Morgan fingerprint density at radius 1 is 1.00 bits per heavy atom.